The summed E-state index contributed by atoms with van der Waals surface area (Å²) in [6.07, 6.45) is 0.840. The molecule has 8 heteroatoms. The van der Waals surface area contributed by atoms with Crippen LogP contribution in [0.1, 0.15) is 10.4 Å². The normalized spacial score (nSPS) is 11.6. The fourth-order valence-corrected chi connectivity index (χ4v) is 2.72. The zero-order valence-corrected chi connectivity index (χ0v) is 14.0. The number of benzene rings is 1. The quantitative estimate of drug-likeness (QED) is 0.564. The average molecular weight is 355 g/mol. The Morgan fingerprint density at radius 2 is 2.21 bits per heavy atom. The highest BCUT2D eigenvalue weighted by Crippen LogP contribution is 2.26. The molecule has 0 amide bonds. The van der Waals surface area contributed by atoms with Crippen LogP contribution in [0.15, 0.2) is 40.7 Å². The largest absolute Gasteiger partial charge is 0.497 e. The lowest BCUT2D eigenvalue weighted by Crippen LogP contribution is -2.33. The molecule has 0 atom stereocenters. The highest BCUT2D eigenvalue weighted by atomic mass is 32.1. The number of aliphatic imine (C=N–C) groups is 1. The van der Waals surface area contributed by atoms with E-state index < -0.39 is 6.61 Å². The third-order valence-electron chi connectivity index (χ3n) is 3.16. The molecule has 0 aliphatic rings. The van der Waals surface area contributed by atoms with Crippen molar-refractivity contribution in [3.8, 4) is 11.5 Å². The SMILES string of the molecule is COc1ccc(OC(F)F)c(CN=C(N)NCCc2cccs2)c1. The number of thiophene rings is 1. The van der Waals surface area contributed by atoms with Crippen molar-refractivity contribution in [2.75, 3.05) is 13.7 Å². The maximum absolute atomic E-state index is 12.5. The van der Waals surface area contributed by atoms with Crippen molar-refractivity contribution < 1.29 is 18.3 Å². The van der Waals surface area contributed by atoms with Crippen LogP contribution in [0.3, 0.4) is 0 Å². The maximum atomic E-state index is 12.5. The lowest BCUT2D eigenvalue weighted by molar-refractivity contribution is -0.0504. The number of methoxy groups -OCH3 is 1. The Labute approximate surface area is 143 Å². The lowest BCUT2D eigenvalue weighted by Gasteiger charge is -2.11. The predicted octanol–water partition coefficient (Wildman–Crippen LogP) is 3.01. The minimum Gasteiger partial charge on any atom is -0.497 e. The van der Waals surface area contributed by atoms with Gasteiger partial charge in [0.2, 0.25) is 0 Å². The van der Waals surface area contributed by atoms with Gasteiger partial charge in [-0.05, 0) is 36.1 Å². The molecular formula is C16H19F2N3O2S. The molecule has 0 unspecified atom stereocenters. The number of hydrogen-bond donors (Lipinski definition) is 2. The van der Waals surface area contributed by atoms with Crippen LogP contribution in [0, 0.1) is 0 Å². The van der Waals surface area contributed by atoms with E-state index in [0.29, 0.717) is 17.9 Å². The highest BCUT2D eigenvalue weighted by Gasteiger charge is 2.11. The summed E-state index contributed by atoms with van der Waals surface area (Å²) in [4.78, 5) is 5.41. The van der Waals surface area contributed by atoms with Crippen molar-refractivity contribution in [2.45, 2.75) is 19.6 Å². The number of alkyl halides is 2. The summed E-state index contributed by atoms with van der Waals surface area (Å²) in [7, 11) is 1.50. The minimum absolute atomic E-state index is 0.0564. The summed E-state index contributed by atoms with van der Waals surface area (Å²) in [5.74, 6) is 0.837. The molecule has 3 N–H and O–H groups in total. The molecular weight excluding hydrogens is 336 g/mol. The zero-order valence-electron chi connectivity index (χ0n) is 13.2. The molecule has 0 spiro atoms. The lowest BCUT2D eigenvalue weighted by atomic mass is 10.2. The minimum atomic E-state index is -2.90. The van der Waals surface area contributed by atoms with Gasteiger partial charge in [0.15, 0.2) is 5.96 Å². The number of nitrogens with one attached hydrogen (secondary N) is 1. The van der Waals surface area contributed by atoms with E-state index in [0.717, 1.165) is 6.42 Å². The summed E-state index contributed by atoms with van der Waals surface area (Å²) in [6.45, 7) is -2.15. The number of hydrogen-bond acceptors (Lipinski definition) is 4. The van der Waals surface area contributed by atoms with E-state index in [1.807, 2.05) is 17.5 Å². The van der Waals surface area contributed by atoms with Crippen LogP contribution in [-0.2, 0) is 13.0 Å². The first-order valence-electron chi connectivity index (χ1n) is 7.26. The topological polar surface area (TPSA) is 68.9 Å². The third-order valence-corrected chi connectivity index (χ3v) is 4.10. The van der Waals surface area contributed by atoms with Gasteiger partial charge >= 0.3 is 6.61 Å². The van der Waals surface area contributed by atoms with Crippen molar-refractivity contribution in [2.24, 2.45) is 10.7 Å². The Bertz CT molecular complexity index is 663. The smallest absolute Gasteiger partial charge is 0.387 e. The third kappa shape index (κ3) is 5.69. The van der Waals surface area contributed by atoms with Crippen LogP contribution in [-0.4, -0.2) is 26.2 Å². The second kappa shape index (κ2) is 9.07. The van der Waals surface area contributed by atoms with Gasteiger partial charge in [0.1, 0.15) is 11.5 Å². The molecule has 5 nitrogen and oxygen atoms in total. The Hall–Kier alpha value is -2.35. The summed E-state index contributed by atoms with van der Waals surface area (Å²) >= 11 is 1.67. The fraction of sp³-hybridized carbons (Fsp3) is 0.312. The van der Waals surface area contributed by atoms with Crippen LogP contribution in [0.5, 0.6) is 11.5 Å². The number of nitrogens with zero attached hydrogens (tertiary/aromatic N) is 1. The van der Waals surface area contributed by atoms with Gasteiger partial charge in [-0.15, -0.1) is 11.3 Å². The molecule has 0 fully saturated rings. The molecule has 130 valence electrons. The molecule has 24 heavy (non-hydrogen) atoms. The van der Waals surface area contributed by atoms with Gasteiger partial charge in [0.05, 0.1) is 13.7 Å². The molecule has 0 bridgehead atoms. The Kier molecular flexibility index (Phi) is 6.80. The van der Waals surface area contributed by atoms with Gasteiger partial charge in [-0.1, -0.05) is 6.07 Å². The van der Waals surface area contributed by atoms with E-state index in [4.69, 9.17) is 10.5 Å². The summed E-state index contributed by atoms with van der Waals surface area (Å²) < 4.78 is 34.5. The Balaban J connectivity index is 1.94. The molecule has 1 aromatic carbocycles. The number of guanidine groups is 1. The first-order chi connectivity index (χ1) is 11.6. The van der Waals surface area contributed by atoms with E-state index in [2.05, 4.69) is 15.0 Å². The second-order valence-corrected chi connectivity index (χ2v) is 5.84. The Morgan fingerprint density at radius 1 is 1.38 bits per heavy atom. The molecule has 0 aliphatic heterocycles. The van der Waals surface area contributed by atoms with Gasteiger partial charge in [0, 0.05) is 17.0 Å². The van der Waals surface area contributed by atoms with Crippen LogP contribution in [0.25, 0.3) is 0 Å². The summed E-state index contributed by atoms with van der Waals surface area (Å²) in [5.41, 5.74) is 6.28. The first kappa shape index (κ1) is 18.0. The first-order valence-corrected chi connectivity index (χ1v) is 8.14. The van der Waals surface area contributed by atoms with Crippen LogP contribution < -0.4 is 20.5 Å². The van der Waals surface area contributed by atoms with Crippen molar-refractivity contribution in [1.82, 2.24) is 5.32 Å². The molecule has 1 heterocycles. The van der Waals surface area contributed by atoms with Gasteiger partial charge in [-0.25, -0.2) is 4.99 Å². The highest BCUT2D eigenvalue weighted by molar-refractivity contribution is 7.09. The van der Waals surface area contributed by atoms with E-state index in [1.165, 1.54) is 18.1 Å². The second-order valence-electron chi connectivity index (χ2n) is 4.81. The summed E-state index contributed by atoms with van der Waals surface area (Å²) in [6, 6.07) is 8.61. The van der Waals surface area contributed by atoms with E-state index in [9.17, 15) is 8.78 Å². The van der Waals surface area contributed by atoms with Crippen molar-refractivity contribution >= 4 is 17.3 Å². The van der Waals surface area contributed by atoms with E-state index >= 15 is 0 Å². The van der Waals surface area contributed by atoms with Crippen molar-refractivity contribution in [1.29, 1.82) is 0 Å². The van der Waals surface area contributed by atoms with Crippen molar-refractivity contribution in [3.63, 3.8) is 0 Å². The van der Waals surface area contributed by atoms with Crippen LogP contribution in [0.2, 0.25) is 0 Å². The molecule has 0 saturated carbocycles. The van der Waals surface area contributed by atoms with Crippen LogP contribution >= 0.6 is 11.3 Å². The zero-order chi connectivity index (χ0) is 17.4. The van der Waals surface area contributed by atoms with Gasteiger partial charge in [-0.3, -0.25) is 0 Å². The summed E-state index contributed by atoms with van der Waals surface area (Å²) in [5, 5.41) is 5.01. The van der Waals surface area contributed by atoms with Gasteiger partial charge in [0.25, 0.3) is 0 Å². The Morgan fingerprint density at radius 3 is 2.88 bits per heavy atom. The average Bonchev–Trinajstić information content (AvgIpc) is 3.07. The fourth-order valence-electron chi connectivity index (χ4n) is 2.01. The monoisotopic (exact) mass is 355 g/mol. The molecule has 2 aromatic rings. The number of halogens is 2. The molecule has 0 saturated heterocycles. The van der Waals surface area contributed by atoms with E-state index in [-0.39, 0.29) is 18.3 Å². The van der Waals surface area contributed by atoms with Gasteiger partial charge < -0.3 is 20.5 Å². The maximum Gasteiger partial charge on any atom is 0.387 e. The molecule has 0 aliphatic carbocycles. The molecule has 0 radical (unpaired) electrons. The number of nitrogens with two attached hydrogens (primary N) is 1. The molecule has 1 aromatic heterocycles. The van der Waals surface area contributed by atoms with E-state index in [1.54, 1.807) is 23.5 Å². The predicted molar refractivity (Wildman–Crippen MR) is 91.0 cm³/mol. The standard InChI is InChI=1S/C16H19F2N3O2S/c1-22-12-4-5-14(23-15(17)18)11(9-12)10-21-16(19)20-7-6-13-3-2-8-24-13/h2-5,8-9,15H,6-7,10H2,1H3,(H3,19,20,21). The number of ether oxygens (including phenoxy) is 2. The molecule has 2 rings (SSSR count). The van der Waals surface area contributed by atoms with Gasteiger partial charge in [-0.2, -0.15) is 8.78 Å². The van der Waals surface area contributed by atoms with Crippen LogP contribution in [0.4, 0.5) is 8.78 Å². The number of rotatable bonds is 8. The van der Waals surface area contributed by atoms with Crippen molar-refractivity contribution in [3.05, 3.63) is 46.2 Å².